The van der Waals surface area contributed by atoms with Gasteiger partial charge in [0.25, 0.3) is 0 Å². The lowest BCUT2D eigenvalue weighted by Crippen LogP contribution is -2.66. The maximum Gasteiger partial charge on any atom is 0.0641 e. The number of rotatable bonds is 4. The highest BCUT2D eigenvalue weighted by molar-refractivity contribution is 5.25. The zero-order chi connectivity index (χ0) is 24.7. The molecule has 5 rings (SSSR count). The Morgan fingerprint density at radius 1 is 0.824 bits per heavy atom. The summed E-state index contributed by atoms with van der Waals surface area (Å²) in [5, 5.41) is 31.2. The van der Waals surface area contributed by atoms with Gasteiger partial charge in [-0.15, -0.1) is 0 Å². The van der Waals surface area contributed by atoms with Gasteiger partial charge in [0, 0.05) is 12.0 Å². The topological polar surface area (TPSA) is 60.7 Å². The fraction of sp³-hybridized carbons (Fsp3) is 0.871. The van der Waals surface area contributed by atoms with Crippen LogP contribution >= 0.6 is 0 Å². The van der Waals surface area contributed by atoms with E-state index in [1.54, 1.807) is 0 Å². The number of hydrogen-bond acceptors (Lipinski definition) is 3. The van der Waals surface area contributed by atoms with Gasteiger partial charge in [-0.2, -0.15) is 0 Å². The Morgan fingerprint density at radius 2 is 1.56 bits per heavy atom. The van der Waals surface area contributed by atoms with Crippen LogP contribution in [0.2, 0.25) is 0 Å². The summed E-state index contributed by atoms with van der Waals surface area (Å²) in [6.07, 6.45) is 11.7. The van der Waals surface area contributed by atoms with Gasteiger partial charge in [-0.05, 0) is 121 Å². The number of hydrogen-bond donors (Lipinski definition) is 3. The van der Waals surface area contributed by atoms with Gasteiger partial charge in [0.2, 0.25) is 0 Å². The first-order valence-electron chi connectivity index (χ1n) is 14.2. The number of aliphatic hydroxyl groups is 3. The standard InChI is InChI=1S/C31H50O3/c1-20(17-32)22-10-14-31(19-34)16-15-29(5)23(26(22)31)7-8-25-27(3)12-9-21(2)28(4,18-33)24(27)11-13-30(25,29)6/h22-26,32-34H,1-2,7-19H2,3-6H3. The molecule has 3 heteroatoms. The molecule has 0 heterocycles. The maximum absolute atomic E-state index is 10.7. The Kier molecular flexibility index (Phi) is 5.84. The second kappa shape index (κ2) is 7.93. The molecule has 0 aromatic rings. The minimum Gasteiger partial charge on any atom is -0.396 e. The highest BCUT2D eigenvalue weighted by Gasteiger charge is 2.70. The molecule has 5 aliphatic rings. The van der Waals surface area contributed by atoms with E-state index in [1.165, 1.54) is 44.1 Å². The lowest BCUT2D eigenvalue weighted by atomic mass is 9.32. The van der Waals surface area contributed by atoms with Crippen molar-refractivity contribution in [1.82, 2.24) is 0 Å². The third kappa shape index (κ3) is 2.87. The van der Waals surface area contributed by atoms with E-state index in [1.807, 2.05) is 0 Å². The quantitative estimate of drug-likeness (QED) is 0.433. The first-order chi connectivity index (χ1) is 16.0. The summed E-state index contributed by atoms with van der Waals surface area (Å²) in [4.78, 5) is 0. The van der Waals surface area contributed by atoms with Crippen molar-refractivity contribution < 1.29 is 15.3 Å². The molecule has 192 valence electrons. The molecule has 3 N–H and O–H groups in total. The minimum absolute atomic E-state index is 0.0231. The van der Waals surface area contributed by atoms with Crippen molar-refractivity contribution in [3.63, 3.8) is 0 Å². The number of fused-ring (bicyclic) bond motifs is 7. The molecule has 0 saturated heterocycles. The molecule has 3 nitrogen and oxygen atoms in total. The lowest BCUT2D eigenvalue weighted by molar-refractivity contribution is -0.237. The Hall–Kier alpha value is -0.640. The van der Waals surface area contributed by atoms with Crippen molar-refractivity contribution in [3.05, 3.63) is 24.3 Å². The predicted molar refractivity (Wildman–Crippen MR) is 138 cm³/mol. The largest absolute Gasteiger partial charge is 0.396 e. The van der Waals surface area contributed by atoms with Crippen LogP contribution in [0.15, 0.2) is 24.3 Å². The van der Waals surface area contributed by atoms with Gasteiger partial charge in [-0.1, -0.05) is 46.4 Å². The van der Waals surface area contributed by atoms with Gasteiger partial charge in [-0.25, -0.2) is 0 Å². The first-order valence-corrected chi connectivity index (χ1v) is 14.2. The molecule has 34 heavy (non-hydrogen) atoms. The Balaban J connectivity index is 1.55. The first kappa shape index (κ1) is 25.0. The lowest BCUT2D eigenvalue weighted by Gasteiger charge is -2.72. The molecule has 0 bridgehead atoms. The average Bonchev–Trinajstić information content (AvgIpc) is 3.22. The van der Waals surface area contributed by atoms with Crippen molar-refractivity contribution in [2.45, 2.75) is 91.9 Å². The molecule has 0 aliphatic heterocycles. The molecule has 5 saturated carbocycles. The SMILES string of the molecule is C=C(CO)C1CCC2(CO)CCC3(C)C(CCC4C5(C)CCC(=C)C(C)(CO)C5CCC43C)C12. The monoisotopic (exact) mass is 470 g/mol. The summed E-state index contributed by atoms with van der Waals surface area (Å²) in [7, 11) is 0. The minimum atomic E-state index is -0.153. The molecular formula is C31H50O3. The summed E-state index contributed by atoms with van der Waals surface area (Å²) in [5.74, 6) is 2.57. The highest BCUT2D eigenvalue weighted by atomic mass is 16.3. The van der Waals surface area contributed by atoms with Crippen LogP contribution in [0.5, 0.6) is 0 Å². The van der Waals surface area contributed by atoms with Crippen LogP contribution < -0.4 is 0 Å². The third-order valence-electron chi connectivity index (χ3n) is 13.8. The van der Waals surface area contributed by atoms with Gasteiger partial charge in [-0.3, -0.25) is 0 Å². The molecule has 0 spiro atoms. The second-order valence-corrected chi connectivity index (χ2v) is 14.4. The molecule has 0 amide bonds. The highest BCUT2D eigenvalue weighted by Crippen LogP contribution is 2.77. The normalized spacial score (nSPS) is 54.6. The summed E-state index contributed by atoms with van der Waals surface area (Å²) < 4.78 is 0. The van der Waals surface area contributed by atoms with E-state index in [2.05, 4.69) is 40.9 Å². The average molecular weight is 471 g/mol. The van der Waals surface area contributed by atoms with Gasteiger partial charge < -0.3 is 15.3 Å². The van der Waals surface area contributed by atoms with Crippen molar-refractivity contribution in [1.29, 1.82) is 0 Å². The third-order valence-corrected chi connectivity index (χ3v) is 13.8. The Labute approximate surface area is 208 Å². The van der Waals surface area contributed by atoms with Crippen LogP contribution in [0.25, 0.3) is 0 Å². The molecule has 0 radical (unpaired) electrons. The van der Waals surface area contributed by atoms with Crippen molar-refractivity contribution >= 4 is 0 Å². The van der Waals surface area contributed by atoms with E-state index in [-0.39, 0.29) is 46.9 Å². The van der Waals surface area contributed by atoms with Gasteiger partial charge in [0.1, 0.15) is 0 Å². The van der Waals surface area contributed by atoms with Crippen LogP contribution in [0.1, 0.15) is 91.9 Å². The van der Waals surface area contributed by atoms with Crippen LogP contribution in [0, 0.1) is 56.7 Å². The van der Waals surface area contributed by atoms with Crippen molar-refractivity contribution in [2.75, 3.05) is 19.8 Å². The fourth-order valence-electron chi connectivity index (χ4n) is 11.5. The summed E-state index contributed by atoms with van der Waals surface area (Å²) >= 11 is 0. The maximum atomic E-state index is 10.7. The molecule has 0 aromatic carbocycles. The van der Waals surface area contributed by atoms with Crippen LogP contribution in [-0.2, 0) is 0 Å². The van der Waals surface area contributed by atoms with Crippen molar-refractivity contribution in [3.8, 4) is 0 Å². The van der Waals surface area contributed by atoms with Gasteiger partial charge in [0.05, 0.1) is 13.2 Å². The molecular weight excluding hydrogens is 420 g/mol. The van der Waals surface area contributed by atoms with Crippen LogP contribution in [0.3, 0.4) is 0 Å². The molecule has 5 aliphatic carbocycles. The predicted octanol–water partition coefficient (Wildman–Crippen LogP) is 6.14. The Bertz CT molecular complexity index is 865. The fourth-order valence-corrected chi connectivity index (χ4v) is 11.5. The smallest absolute Gasteiger partial charge is 0.0641 e. The zero-order valence-electron chi connectivity index (χ0n) is 22.3. The second-order valence-electron chi connectivity index (χ2n) is 14.4. The van der Waals surface area contributed by atoms with E-state index in [0.717, 1.165) is 31.3 Å². The molecule has 0 aromatic heterocycles. The molecule has 5 fully saturated rings. The summed E-state index contributed by atoms with van der Waals surface area (Å²) in [6, 6.07) is 0. The van der Waals surface area contributed by atoms with Gasteiger partial charge >= 0.3 is 0 Å². The molecule has 10 unspecified atom stereocenters. The van der Waals surface area contributed by atoms with E-state index in [9.17, 15) is 15.3 Å². The Morgan fingerprint density at radius 3 is 2.21 bits per heavy atom. The summed E-state index contributed by atoms with van der Waals surface area (Å²) in [6.45, 7) is 19.4. The summed E-state index contributed by atoms with van der Waals surface area (Å²) in [5.41, 5.74) is 2.89. The van der Waals surface area contributed by atoms with E-state index < -0.39 is 0 Å². The number of aliphatic hydroxyl groups excluding tert-OH is 3. The van der Waals surface area contributed by atoms with Gasteiger partial charge in [0.15, 0.2) is 0 Å². The molecule has 10 atom stereocenters. The van der Waals surface area contributed by atoms with E-state index >= 15 is 0 Å². The van der Waals surface area contributed by atoms with Crippen molar-refractivity contribution in [2.24, 2.45) is 56.7 Å². The van der Waals surface area contributed by atoms with Crippen LogP contribution in [-0.4, -0.2) is 35.1 Å². The van der Waals surface area contributed by atoms with Crippen LogP contribution in [0.4, 0.5) is 0 Å². The zero-order valence-corrected chi connectivity index (χ0v) is 22.3. The van der Waals surface area contributed by atoms with E-state index in [0.29, 0.717) is 29.6 Å². The van der Waals surface area contributed by atoms with E-state index in [4.69, 9.17) is 0 Å².